The number of hydrogen-bond donors (Lipinski definition) is 1. The molecule has 0 aromatic heterocycles. The number of amides is 1. The zero-order valence-corrected chi connectivity index (χ0v) is 11.9. The van der Waals surface area contributed by atoms with Crippen molar-refractivity contribution >= 4 is 6.09 Å². The first kappa shape index (κ1) is 16.2. The van der Waals surface area contributed by atoms with Gasteiger partial charge < -0.3 is 14.5 Å². The normalized spacial score (nSPS) is 14.1. The highest BCUT2D eigenvalue weighted by Crippen LogP contribution is 2.10. The van der Waals surface area contributed by atoms with Crippen LogP contribution in [0.3, 0.4) is 0 Å². The van der Waals surface area contributed by atoms with E-state index in [1.807, 2.05) is 0 Å². The molecule has 0 aliphatic carbocycles. The lowest BCUT2D eigenvalue weighted by Crippen LogP contribution is -2.51. The molecule has 0 heterocycles. The Morgan fingerprint density at radius 3 is 2.29 bits per heavy atom. The Bertz CT molecular complexity index is 210. The summed E-state index contributed by atoms with van der Waals surface area (Å²) in [7, 11) is 1.59. The number of alkyl carbamates (subject to hydrolysis) is 1. The van der Waals surface area contributed by atoms with E-state index in [0.717, 1.165) is 17.6 Å². The molecule has 0 aliphatic rings. The van der Waals surface area contributed by atoms with Crippen LogP contribution in [-0.2, 0) is 4.74 Å². The fraction of sp³-hybridized carbons (Fsp3) is 0.923. The Kier molecular flexibility index (Phi) is 8.86. The number of quaternary nitrogens is 1. The van der Waals surface area contributed by atoms with Crippen LogP contribution in [0.1, 0.15) is 40.0 Å². The van der Waals surface area contributed by atoms with Crippen molar-refractivity contribution in [1.29, 1.82) is 0 Å². The second kappa shape index (κ2) is 9.28. The first-order valence-corrected chi connectivity index (χ1v) is 6.83. The minimum atomic E-state index is -0.328. The Hall–Kier alpha value is -0.770. The maximum atomic E-state index is 11.0. The SMILES string of the molecule is CCCC[N+](CC)(CCC)CCOC(=O)NC. The fourth-order valence-corrected chi connectivity index (χ4v) is 2.18. The van der Waals surface area contributed by atoms with Crippen molar-refractivity contribution in [2.45, 2.75) is 40.0 Å². The first-order valence-electron chi connectivity index (χ1n) is 6.83. The summed E-state index contributed by atoms with van der Waals surface area (Å²) in [4.78, 5) is 11.0. The Morgan fingerprint density at radius 1 is 1.12 bits per heavy atom. The van der Waals surface area contributed by atoms with Crippen molar-refractivity contribution in [2.75, 3.05) is 39.8 Å². The van der Waals surface area contributed by atoms with Crippen molar-refractivity contribution in [1.82, 2.24) is 5.32 Å². The highest BCUT2D eigenvalue weighted by atomic mass is 16.5. The molecule has 102 valence electrons. The zero-order chi connectivity index (χ0) is 13.1. The molecule has 0 radical (unpaired) electrons. The van der Waals surface area contributed by atoms with Crippen molar-refractivity contribution in [3.05, 3.63) is 0 Å². The van der Waals surface area contributed by atoms with Gasteiger partial charge in [0.05, 0.1) is 19.6 Å². The number of nitrogens with zero attached hydrogens (tertiary/aromatic N) is 1. The smallest absolute Gasteiger partial charge is 0.407 e. The number of likely N-dealkylation sites (N-methyl/N-ethyl adjacent to an activating group) is 1. The number of unbranched alkanes of at least 4 members (excludes halogenated alkanes) is 1. The number of rotatable bonds is 9. The van der Waals surface area contributed by atoms with Crippen LogP contribution in [0.15, 0.2) is 0 Å². The van der Waals surface area contributed by atoms with Crippen molar-refractivity contribution in [3.8, 4) is 0 Å². The lowest BCUT2D eigenvalue weighted by atomic mass is 10.2. The molecule has 17 heavy (non-hydrogen) atoms. The van der Waals surface area contributed by atoms with Crippen molar-refractivity contribution in [2.24, 2.45) is 0 Å². The van der Waals surface area contributed by atoms with E-state index in [0.29, 0.717) is 6.61 Å². The first-order chi connectivity index (χ1) is 8.14. The molecule has 0 saturated heterocycles. The highest BCUT2D eigenvalue weighted by molar-refractivity contribution is 5.66. The molecule has 0 bridgehead atoms. The van der Waals surface area contributed by atoms with E-state index < -0.39 is 0 Å². The predicted molar refractivity (Wildman–Crippen MR) is 71.0 cm³/mol. The third-order valence-corrected chi connectivity index (χ3v) is 3.36. The summed E-state index contributed by atoms with van der Waals surface area (Å²) in [6.07, 6.45) is 3.32. The summed E-state index contributed by atoms with van der Waals surface area (Å²) in [6.45, 7) is 11.6. The number of hydrogen-bond acceptors (Lipinski definition) is 2. The van der Waals surface area contributed by atoms with Gasteiger partial charge in [-0.1, -0.05) is 20.3 Å². The number of nitrogens with one attached hydrogen (secondary N) is 1. The number of carbonyl (C=O) groups excluding carboxylic acids is 1. The zero-order valence-electron chi connectivity index (χ0n) is 11.9. The molecule has 1 atom stereocenters. The lowest BCUT2D eigenvalue weighted by molar-refractivity contribution is -0.926. The minimum Gasteiger partial charge on any atom is -0.444 e. The molecule has 0 spiro atoms. The van der Waals surface area contributed by atoms with Gasteiger partial charge in [-0.25, -0.2) is 4.79 Å². The standard InChI is InChI=1S/C13H28N2O2/c1-5-8-10-15(7-3,9-6-2)11-12-17-13(16)14-4/h5-12H2,1-4H3/p+1. The van der Waals surface area contributed by atoms with Gasteiger partial charge >= 0.3 is 6.09 Å². The molecule has 0 aromatic carbocycles. The van der Waals surface area contributed by atoms with Crippen LogP contribution in [0.25, 0.3) is 0 Å². The van der Waals surface area contributed by atoms with Crippen LogP contribution in [0.4, 0.5) is 4.79 Å². The number of ether oxygens (including phenoxy) is 1. The van der Waals surface area contributed by atoms with Gasteiger partial charge in [0, 0.05) is 7.05 Å². The minimum absolute atomic E-state index is 0.328. The second-order valence-electron chi connectivity index (χ2n) is 4.57. The van der Waals surface area contributed by atoms with Gasteiger partial charge in [-0.15, -0.1) is 0 Å². The molecule has 4 nitrogen and oxygen atoms in total. The van der Waals surface area contributed by atoms with Crippen LogP contribution in [0.5, 0.6) is 0 Å². The van der Waals surface area contributed by atoms with Crippen LogP contribution < -0.4 is 5.32 Å². The Balaban J connectivity index is 4.19. The largest absolute Gasteiger partial charge is 0.444 e. The Labute approximate surface area is 106 Å². The molecule has 4 heteroatoms. The molecular formula is C13H29N2O2+. The molecule has 1 unspecified atom stereocenters. The number of carbonyl (C=O) groups is 1. The van der Waals surface area contributed by atoms with Crippen LogP contribution in [0, 0.1) is 0 Å². The monoisotopic (exact) mass is 245 g/mol. The molecule has 0 aromatic rings. The van der Waals surface area contributed by atoms with E-state index in [2.05, 4.69) is 26.1 Å². The molecule has 0 rings (SSSR count). The van der Waals surface area contributed by atoms with Crippen molar-refractivity contribution in [3.63, 3.8) is 0 Å². The van der Waals surface area contributed by atoms with Crippen LogP contribution >= 0.6 is 0 Å². The van der Waals surface area contributed by atoms with Crippen molar-refractivity contribution < 1.29 is 14.0 Å². The third-order valence-electron chi connectivity index (χ3n) is 3.36. The average Bonchev–Trinajstić information content (AvgIpc) is 2.35. The second-order valence-corrected chi connectivity index (χ2v) is 4.57. The van der Waals surface area contributed by atoms with E-state index in [9.17, 15) is 4.79 Å². The van der Waals surface area contributed by atoms with Gasteiger partial charge in [-0.3, -0.25) is 0 Å². The summed E-state index contributed by atoms with van der Waals surface area (Å²) >= 11 is 0. The topological polar surface area (TPSA) is 38.3 Å². The van der Waals surface area contributed by atoms with Crippen LogP contribution in [0.2, 0.25) is 0 Å². The lowest BCUT2D eigenvalue weighted by Gasteiger charge is -2.37. The van der Waals surface area contributed by atoms with Gasteiger partial charge in [-0.05, 0) is 19.8 Å². The molecule has 1 amide bonds. The predicted octanol–water partition coefficient (Wildman–Crippen LogP) is 2.39. The highest BCUT2D eigenvalue weighted by Gasteiger charge is 2.23. The quantitative estimate of drug-likeness (QED) is 0.633. The summed E-state index contributed by atoms with van der Waals surface area (Å²) < 4.78 is 6.18. The van der Waals surface area contributed by atoms with Gasteiger partial charge in [-0.2, -0.15) is 0 Å². The van der Waals surface area contributed by atoms with Gasteiger partial charge in [0.15, 0.2) is 0 Å². The summed E-state index contributed by atoms with van der Waals surface area (Å²) in [5.41, 5.74) is 0. The maximum Gasteiger partial charge on any atom is 0.407 e. The van der Waals surface area contributed by atoms with E-state index in [1.165, 1.54) is 32.4 Å². The average molecular weight is 245 g/mol. The van der Waals surface area contributed by atoms with Gasteiger partial charge in [0.1, 0.15) is 13.2 Å². The third kappa shape index (κ3) is 6.51. The molecule has 0 aliphatic heterocycles. The van der Waals surface area contributed by atoms with Gasteiger partial charge in [0.2, 0.25) is 0 Å². The van der Waals surface area contributed by atoms with Gasteiger partial charge in [0.25, 0.3) is 0 Å². The molecular weight excluding hydrogens is 216 g/mol. The summed E-state index contributed by atoms with van der Waals surface area (Å²) in [5.74, 6) is 0. The maximum absolute atomic E-state index is 11.0. The van der Waals surface area contributed by atoms with E-state index in [1.54, 1.807) is 7.05 Å². The van der Waals surface area contributed by atoms with Crippen LogP contribution in [-0.4, -0.2) is 50.4 Å². The van der Waals surface area contributed by atoms with E-state index in [4.69, 9.17) is 4.74 Å². The van der Waals surface area contributed by atoms with E-state index >= 15 is 0 Å². The molecule has 1 N–H and O–H groups in total. The van der Waals surface area contributed by atoms with E-state index in [-0.39, 0.29) is 6.09 Å². The Morgan fingerprint density at radius 2 is 1.82 bits per heavy atom. The molecule has 0 fully saturated rings. The fourth-order valence-electron chi connectivity index (χ4n) is 2.18. The molecule has 0 saturated carbocycles. The summed E-state index contributed by atoms with van der Waals surface area (Å²) in [5, 5.41) is 2.48. The summed E-state index contributed by atoms with van der Waals surface area (Å²) in [6, 6.07) is 0.